The molecule has 5 nitrogen and oxygen atoms in total. The molecule has 2 atom stereocenters. The Morgan fingerprint density at radius 1 is 1.21 bits per heavy atom. The third-order valence-electron chi connectivity index (χ3n) is 5.67. The quantitative estimate of drug-likeness (QED) is 0.333. The molecule has 1 fully saturated rings. The van der Waals surface area contributed by atoms with Crippen molar-refractivity contribution in [3.05, 3.63) is 22.4 Å². The summed E-state index contributed by atoms with van der Waals surface area (Å²) in [5, 5.41) is 9.28. The van der Waals surface area contributed by atoms with Crippen LogP contribution in [-0.2, 0) is 0 Å². The normalized spacial score (nSPS) is 21.2. The molecule has 0 amide bonds. The van der Waals surface area contributed by atoms with Crippen LogP contribution < -0.4 is 10.6 Å². The Morgan fingerprint density at radius 2 is 2.00 bits per heavy atom. The van der Waals surface area contributed by atoms with Crippen molar-refractivity contribution in [1.82, 2.24) is 20.4 Å². The highest BCUT2D eigenvalue weighted by molar-refractivity contribution is 7.10. The summed E-state index contributed by atoms with van der Waals surface area (Å²) in [6.07, 6.45) is 9.06. The number of unbranched alkanes of at least 4 members (excludes halogenated alkanes) is 4. The zero-order valence-corrected chi connectivity index (χ0v) is 19.2. The fourth-order valence-electron chi connectivity index (χ4n) is 4.12. The molecule has 2 unspecified atom stereocenters. The average molecular weight is 408 g/mol. The van der Waals surface area contributed by atoms with E-state index in [-0.39, 0.29) is 0 Å². The molecule has 1 aliphatic heterocycles. The zero-order chi connectivity index (χ0) is 20.2. The first kappa shape index (κ1) is 23.2. The van der Waals surface area contributed by atoms with E-state index >= 15 is 0 Å². The SMILES string of the molecule is CN=C(NCCCCCCCN(C)C)NCC1CCCN(C)C1c1cccs1. The van der Waals surface area contributed by atoms with Gasteiger partial charge in [0.1, 0.15) is 0 Å². The molecule has 2 N–H and O–H groups in total. The minimum absolute atomic E-state index is 0.529. The van der Waals surface area contributed by atoms with Crippen molar-refractivity contribution in [2.75, 3.05) is 54.4 Å². The second-order valence-electron chi connectivity index (χ2n) is 8.29. The molecule has 0 spiro atoms. The lowest BCUT2D eigenvalue weighted by Crippen LogP contribution is -2.45. The summed E-state index contributed by atoms with van der Waals surface area (Å²) in [6.45, 7) is 4.39. The molecule has 1 saturated heterocycles. The highest BCUT2D eigenvalue weighted by Gasteiger charge is 2.31. The number of nitrogens with one attached hydrogen (secondary N) is 2. The van der Waals surface area contributed by atoms with Crippen LogP contribution in [0.25, 0.3) is 0 Å². The van der Waals surface area contributed by atoms with Crippen LogP contribution in [0.5, 0.6) is 0 Å². The van der Waals surface area contributed by atoms with Gasteiger partial charge in [0, 0.05) is 31.1 Å². The van der Waals surface area contributed by atoms with Gasteiger partial charge in [-0.05, 0) is 77.3 Å². The topological polar surface area (TPSA) is 42.9 Å². The van der Waals surface area contributed by atoms with E-state index in [2.05, 4.69) is 64.1 Å². The maximum absolute atomic E-state index is 4.42. The third-order valence-corrected chi connectivity index (χ3v) is 6.61. The van der Waals surface area contributed by atoms with Gasteiger partial charge >= 0.3 is 0 Å². The van der Waals surface area contributed by atoms with E-state index in [0.717, 1.165) is 19.0 Å². The zero-order valence-electron chi connectivity index (χ0n) is 18.4. The molecule has 0 aromatic carbocycles. The van der Waals surface area contributed by atoms with Crippen molar-refractivity contribution in [2.45, 2.75) is 51.0 Å². The minimum Gasteiger partial charge on any atom is -0.356 e. The van der Waals surface area contributed by atoms with Crippen molar-refractivity contribution in [2.24, 2.45) is 10.9 Å². The van der Waals surface area contributed by atoms with Gasteiger partial charge in [0.25, 0.3) is 0 Å². The van der Waals surface area contributed by atoms with E-state index in [1.807, 2.05) is 18.4 Å². The molecule has 1 aromatic heterocycles. The van der Waals surface area contributed by atoms with E-state index in [1.54, 1.807) is 0 Å². The minimum atomic E-state index is 0.529. The first-order chi connectivity index (χ1) is 13.6. The second kappa shape index (κ2) is 13.2. The summed E-state index contributed by atoms with van der Waals surface area (Å²) >= 11 is 1.89. The molecular formula is C22H41N5S. The van der Waals surface area contributed by atoms with E-state index in [0.29, 0.717) is 12.0 Å². The number of aliphatic imine (C=N–C) groups is 1. The lowest BCUT2D eigenvalue weighted by molar-refractivity contribution is 0.125. The van der Waals surface area contributed by atoms with Crippen LogP contribution in [0.4, 0.5) is 0 Å². The van der Waals surface area contributed by atoms with Crippen molar-refractivity contribution < 1.29 is 0 Å². The summed E-state index contributed by atoms with van der Waals surface area (Å²) in [7, 11) is 8.44. The Labute approximate surface area is 176 Å². The number of hydrogen-bond acceptors (Lipinski definition) is 4. The van der Waals surface area contributed by atoms with Crippen molar-refractivity contribution in [3.63, 3.8) is 0 Å². The number of thiophene rings is 1. The van der Waals surface area contributed by atoms with Crippen LogP contribution >= 0.6 is 11.3 Å². The molecule has 28 heavy (non-hydrogen) atoms. The maximum Gasteiger partial charge on any atom is 0.190 e. The van der Waals surface area contributed by atoms with Gasteiger partial charge in [-0.15, -0.1) is 11.3 Å². The van der Waals surface area contributed by atoms with E-state index in [9.17, 15) is 0 Å². The molecular weight excluding hydrogens is 366 g/mol. The monoisotopic (exact) mass is 407 g/mol. The first-order valence-corrected chi connectivity index (χ1v) is 11.8. The van der Waals surface area contributed by atoms with E-state index in [1.165, 1.54) is 62.9 Å². The van der Waals surface area contributed by atoms with Gasteiger partial charge in [0.2, 0.25) is 0 Å². The smallest absolute Gasteiger partial charge is 0.190 e. The molecule has 0 bridgehead atoms. The third kappa shape index (κ3) is 8.10. The summed E-state index contributed by atoms with van der Waals surface area (Å²) in [5.41, 5.74) is 0. The summed E-state index contributed by atoms with van der Waals surface area (Å²) in [6, 6.07) is 4.99. The van der Waals surface area contributed by atoms with Gasteiger partial charge in [0.15, 0.2) is 5.96 Å². The number of hydrogen-bond donors (Lipinski definition) is 2. The summed E-state index contributed by atoms with van der Waals surface area (Å²) in [5.74, 6) is 1.58. The molecule has 2 rings (SSSR count). The Hall–Kier alpha value is -1.11. The van der Waals surface area contributed by atoms with Crippen LogP contribution in [0.1, 0.15) is 55.9 Å². The number of piperidine rings is 1. The van der Waals surface area contributed by atoms with Crippen molar-refractivity contribution >= 4 is 17.3 Å². The Bertz CT molecular complexity index is 543. The van der Waals surface area contributed by atoms with Crippen LogP contribution in [-0.4, -0.2) is 70.1 Å². The summed E-state index contributed by atoms with van der Waals surface area (Å²) in [4.78, 5) is 10.7. The molecule has 1 aromatic rings. The highest BCUT2D eigenvalue weighted by Crippen LogP contribution is 2.36. The Kier molecular flexibility index (Phi) is 10.9. The van der Waals surface area contributed by atoms with Crippen molar-refractivity contribution in [1.29, 1.82) is 0 Å². The van der Waals surface area contributed by atoms with Gasteiger partial charge < -0.3 is 15.5 Å². The number of rotatable bonds is 11. The predicted octanol–water partition coefficient (Wildman–Crippen LogP) is 3.81. The standard InChI is InChI=1S/C22H41N5S/c1-23-22(24-14-8-6-5-7-9-15-26(2)3)25-18-19-12-10-16-27(4)21(19)20-13-11-17-28-20/h11,13,17,19,21H,5-10,12,14-16,18H2,1-4H3,(H2,23,24,25). The maximum atomic E-state index is 4.42. The lowest BCUT2D eigenvalue weighted by Gasteiger charge is -2.39. The molecule has 0 radical (unpaired) electrons. The number of guanidine groups is 1. The number of likely N-dealkylation sites (tertiary alicyclic amines) is 1. The van der Waals surface area contributed by atoms with E-state index < -0.39 is 0 Å². The average Bonchev–Trinajstić information content (AvgIpc) is 3.20. The Morgan fingerprint density at radius 3 is 2.71 bits per heavy atom. The van der Waals surface area contributed by atoms with Crippen molar-refractivity contribution in [3.8, 4) is 0 Å². The number of nitrogens with zero attached hydrogens (tertiary/aromatic N) is 3. The second-order valence-corrected chi connectivity index (χ2v) is 9.27. The lowest BCUT2D eigenvalue weighted by atomic mass is 9.88. The van der Waals surface area contributed by atoms with Gasteiger partial charge in [-0.25, -0.2) is 0 Å². The van der Waals surface area contributed by atoms with Crippen LogP contribution in [0.15, 0.2) is 22.5 Å². The molecule has 0 saturated carbocycles. The van der Waals surface area contributed by atoms with Crippen LogP contribution in [0.2, 0.25) is 0 Å². The van der Waals surface area contributed by atoms with Gasteiger partial charge in [-0.3, -0.25) is 9.89 Å². The van der Waals surface area contributed by atoms with Gasteiger partial charge in [-0.1, -0.05) is 25.3 Å². The molecule has 0 aliphatic carbocycles. The fourth-order valence-corrected chi connectivity index (χ4v) is 5.10. The predicted molar refractivity (Wildman–Crippen MR) is 123 cm³/mol. The molecule has 160 valence electrons. The van der Waals surface area contributed by atoms with Gasteiger partial charge in [-0.2, -0.15) is 0 Å². The van der Waals surface area contributed by atoms with Crippen LogP contribution in [0, 0.1) is 5.92 Å². The summed E-state index contributed by atoms with van der Waals surface area (Å²) < 4.78 is 0. The fraction of sp³-hybridized carbons (Fsp3) is 0.773. The Balaban J connectivity index is 1.65. The largest absolute Gasteiger partial charge is 0.356 e. The van der Waals surface area contributed by atoms with E-state index in [4.69, 9.17) is 0 Å². The van der Waals surface area contributed by atoms with Crippen LogP contribution in [0.3, 0.4) is 0 Å². The molecule has 6 heteroatoms. The molecule has 2 heterocycles. The first-order valence-electron chi connectivity index (χ1n) is 10.9. The molecule has 1 aliphatic rings. The van der Waals surface area contributed by atoms with Gasteiger partial charge in [0.05, 0.1) is 0 Å². The highest BCUT2D eigenvalue weighted by atomic mass is 32.1.